The largest absolute Gasteiger partial charge is 0.506 e. The number of hydrogen-bond donors (Lipinski definition) is 3. The average Bonchev–Trinajstić information content (AvgIpc) is 2.95. The molecule has 0 saturated carbocycles. The zero-order chi connectivity index (χ0) is 16.4. The molecular weight excluding hydrogens is 294 g/mol. The van der Waals surface area contributed by atoms with Gasteiger partial charge in [-0.15, -0.1) is 0 Å². The number of nitrogens with zero attached hydrogens (tertiary/aromatic N) is 3. The van der Waals surface area contributed by atoms with Crippen molar-refractivity contribution >= 4 is 5.91 Å². The molecule has 2 aromatic rings. The van der Waals surface area contributed by atoms with Gasteiger partial charge in [-0.1, -0.05) is 0 Å². The van der Waals surface area contributed by atoms with Gasteiger partial charge in [-0.05, 0) is 25.5 Å². The minimum atomic E-state index is -0.128. The van der Waals surface area contributed by atoms with Crippen molar-refractivity contribution in [2.45, 2.75) is 38.4 Å². The second kappa shape index (κ2) is 6.37. The monoisotopic (exact) mass is 315 g/mol. The molecule has 1 fully saturated rings. The fourth-order valence-electron chi connectivity index (χ4n) is 2.90. The molecule has 0 spiro atoms. The van der Waals surface area contributed by atoms with Crippen molar-refractivity contribution in [3.05, 3.63) is 41.5 Å². The summed E-state index contributed by atoms with van der Waals surface area (Å²) in [5.74, 6) is 0.231. The molecule has 0 unspecified atom stereocenters. The predicted molar refractivity (Wildman–Crippen MR) is 84.6 cm³/mol. The van der Waals surface area contributed by atoms with Crippen molar-refractivity contribution in [2.75, 3.05) is 0 Å². The van der Waals surface area contributed by atoms with Crippen molar-refractivity contribution < 1.29 is 9.90 Å². The van der Waals surface area contributed by atoms with Gasteiger partial charge in [0.1, 0.15) is 5.75 Å². The van der Waals surface area contributed by atoms with E-state index in [1.54, 1.807) is 23.0 Å². The molecule has 2 atom stereocenters. The van der Waals surface area contributed by atoms with Crippen molar-refractivity contribution in [2.24, 2.45) is 7.05 Å². The smallest absolute Gasteiger partial charge is 0.220 e. The molecule has 0 bridgehead atoms. The number of piperidine rings is 1. The Morgan fingerprint density at radius 2 is 2.30 bits per heavy atom. The van der Waals surface area contributed by atoms with Crippen LogP contribution in [0.4, 0.5) is 0 Å². The molecule has 3 heterocycles. The molecule has 0 aromatic carbocycles. The Bertz CT molecular complexity index is 712. The Hall–Kier alpha value is -2.41. The molecular formula is C16H21N5O2. The number of aromatic hydroxyl groups is 1. The van der Waals surface area contributed by atoms with Gasteiger partial charge in [-0.3, -0.25) is 14.5 Å². The number of nitrogens with one attached hydrogen (secondary N) is 2. The van der Waals surface area contributed by atoms with E-state index in [9.17, 15) is 9.90 Å². The molecule has 7 nitrogen and oxygen atoms in total. The number of amides is 1. The number of pyridine rings is 1. The molecule has 122 valence electrons. The Morgan fingerprint density at radius 1 is 1.48 bits per heavy atom. The second-order valence-corrected chi connectivity index (χ2v) is 5.94. The van der Waals surface area contributed by atoms with Crippen molar-refractivity contribution in [3.8, 4) is 5.75 Å². The van der Waals surface area contributed by atoms with Gasteiger partial charge in [-0.2, -0.15) is 5.10 Å². The lowest BCUT2D eigenvalue weighted by Gasteiger charge is -2.32. The van der Waals surface area contributed by atoms with Crippen LogP contribution in [0.5, 0.6) is 5.75 Å². The molecule has 23 heavy (non-hydrogen) atoms. The van der Waals surface area contributed by atoms with Crippen LogP contribution < -0.4 is 10.6 Å². The first-order valence-corrected chi connectivity index (χ1v) is 7.69. The van der Waals surface area contributed by atoms with E-state index in [0.29, 0.717) is 18.7 Å². The van der Waals surface area contributed by atoms with Gasteiger partial charge in [0.15, 0.2) is 0 Å². The summed E-state index contributed by atoms with van der Waals surface area (Å²) >= 11 is 0. The third-order valence-corrected chi connectivity index (χ3v) is 4.11. The van der Waals surface area contributed by atoms with Gasteiger partial charge in [-0.25, -0.2) is 0 Å². The normalized spacial score (nSPS) is 21.2. The highest BCUT2D eigenvalue weighted by molar-refractivity contribution is 5.77. The number of rotatable bonds is 4. The van der Waals surface area contributed by atoms with Gasteiger partial charge in [0.05, 0.1) is 17.9 Å². The van der Waals surface area contributed by atoms with Gasteiger partial charge in [0.25, 0.3) is 0 Å². The molecule has 1 aliphatic heterocycles. The first-order chi connectivity index (χ1) is 11.0. The summed E-state index contributed by atoms with van der Waals surface area (Å²) in [5, 5.41) is 20.5. The summed E-state index contributed by atoms with van der Waals surface area (Å²) in [6.45, 7) is 2.34. The average molecular weight is 315 g/mol. The van der Waals surface area contributed by atoms with Crippen LogP contribution in [0.25, 0.3) is 0 Å². The van der Waals surface area contributed by atoms with Crippen LogP contribution in [0.2, 0.25) is 0 Å². The molecule has 1 amide bonds. The van der Waals surface area contributed by atoms with Crippen molar-refractivity contribution in [1.82, 2.24) is 25.4 Å². The van der Waals surface area contributed by atoms with E-state index >= 15 is 0 Å². The SMILES string of the molecule is Cc1ccc(O)c(CN[C@@H]2CCC(=O)N[C@H]2c2cnn(C)c2)n1. The minimum absolute atomic E-state index is 0.0495. The number of carbonyl (C=O) groups is 1. The lowest BCUT2D eigenvalue weighted by molar-refractivity contribution is -0.123. The summed E-state index contributed by atoms with van der Waals surface area (Å²) in [6, 6.07) is 3.37. The molecule has 1 saturated heterocycles. The van der Waals surface area contributed by atoms with Crippen LogP contribution in [-0.2, 0) is 18.4 Å². The topological polar surface area (TPSA) is 92.1 Å². The van der Waals surface area contributed by atoms with E-state index in [-0.39, 0.29) is 23.7 Å². The number of hydrogen-bond acceptors (Lipinski definition) is 5. The van der Waals surface area contributed by atoms with E-state index in [1.807, 2.05) is 20.2 Å². The lowest BCUT2D eigenvalue weighted by atomic mass is 9.93. The summed E-state index contributed by atoms with van der Waals surface area (Å²) in [5.41, 5.74) is 2.45. The predicted octanol–water partition coefficient (Wildman–Crippen LogP) is 0.939. The summed E-state index contributed by atoms with van der Waals surface area (Å²) in [4.78, 5) is 16.1. The van der Waals surface area contributed by atoms with Crippen LogP contribution in [0.15, 0.2) is 24.5 Å². The Labute approximate surface area is 134 Å². The van der Waals surface area contributed by atoms with Gasteiger partial charge >= 0.3 is 0 Å². The second-order valence-electron chi connectivity index (χ2n) is 5.94. The third-order valence-electron chi connectivity index (χ3n) is 4.11. The zero-order valence-corrected chi connectivity index (χ0v) is 13.3. The third kappa shape index (κ3) is 3.50. The van der Waals surface area contributed by atoms with E-state index < -0.39 is 0 Å². The minimum Gasteiger partial charge on any atom is -0.506 e. The number of aryl methyl sites for hydroxylation is 2. The maximum atomic E-state index is 11.8. The van der Waals surface area contributed by atoms with Gasteiger partial charge in [0, 0.05) is 43.5 Å². The van der Waals surface area contributed by atoms with Crippen LogP contribution in [0.1, 0.15) is 35.8 Å². The van der Waals surface area contributed by atoms with E-state index in [4.69, 9.17) is 0 Å². The molecule has 3 N–H and O–H groups in total. The number of aromatic nitrogens is 3. The molecule has 0 radical (unpaired) electrons. The van der Waals surface area contributed by atoms with Crippen LogP contribution in [0, 0.1) is 6.92 Å². The Balaban J connectivity index is 1.74. The first kappa shape index (κ1) is 15.5. The standard InChI is InChI=1S/C16H21N5O2/c1-10-3-5-14(22)13(19-10)8-17-12-4-6-15(23)20-16(12)11-7-18-21(2)9-11/h3,5,7,9,12,16-17,22H,4,6,8H2,1-2H3,(H,20,23)/t12-,16+/m1/s1. The van der Waals surface area contributed by atoms with Gasteiger partial charge in [0.2, 0.25) is 5.91 Å². The van der Waals surface area contributed by atoms with Gasteiger partial charge < -0.3 is 15.7 Å². The van der Waals surface area contributed by atoms with Crippen LogP contribution in [-0.4, -0.2) is 31.8 Å². The highest BCUT2D eigenvalue weighted by atomic mass is 16.3. The summed E-state index contributed by atoms with van der Waals surface area (Å²) in [7, 11) is 1.85. The molecule has 7 heteroatoms. The summed E-state index contributed by atoms with van der Waals surface area (Å²) < 4.78 is 1.72. The molecule has 2 aromatic heterocycles. The van der Waals surface area contributed by atoms with E-state index in [2.05, 4.69) is 20.7 Å². The van der Waals surface area contributed by atoms with Crippen LogP contribution >= 0.6 is 0 Å². The molecule has 3 rings (SSSR count). The number of carbonyl (C=O) groups excluding carboxylic acids is 1. The maximum Gasteiger partial charge on any atom is 0.220 e. The highest BCUT2D eigenvalue weighted by Gasteiger charge is 2.30. The fourth-order valence-corrected chi connectivity index (χ4v) is 2.90. The maximum absolute atomic E-state index is 11.8. The highest BCUT2D eigenvalue weighted by Crippen LogP contribution is 2.24. The van der Waals surface area contributed by atoms with E-state index in [1.165, 1.54) is 0 Å². The lowest BCUT2D eigenvalue weighted by Crippen LogP contribution is -2.48. The van der Waals surface area contributed by atoms with Crippen LogP contribution in [0.3, 0.4) is 0 Å². The molecule has 1 aliphatic rings. The Kier molecular flexibility index (Phi) is 4.29. The zero-order valence-electron chi connectivity index (χ0n) is 13.3. The summed E-state index contributed by atoms with van der Waals surface area (Å²) in [6.07, 6.45) is 4.90. The Morgan fingerprint density at radius 3 is 3.04 bits per heavy atom. The van der Waals surface area contributed by atoms with Crippen molar-refractivity contribution in [1.29, 1.82) is 0 Å². The van der Waals surface area contributed by atoms with Crippen molar-refractivity contribution in [3.63, 3.8) is 0 Å². The fraction of sp³-hybridized carbons (Fsp3) is 0.438. The molecule has 0 aliphatic carbocycles. The van der Waals surface area contributed by atoms with E-state index in [0.717, 1.165) is 17.7 Å². The first-order valence-electron chi connectivity index (χ1n) is 7.69. The quantitative estimate of drug-likeness (QED) is 0.781.